The van der Waals surface area contributed by atoms with Crippen LogP contribution in [0.1, 0.15) is 22.5 Å². The second kappa shape index (κ2) is 7.21. The number of amides is 2. The third-order valence-electron chi connectivity index (χ3n) is 3.21. The van der Waals surface area contributed by atoms with Gasteiger partial charge in [0.1, 0.15) is 6.26 Å². The lowest BCUT2D eigenvalue weighted by atomic mass is 10.1. The lowest BCUT2D eigenvalue weighted by Crippen LogP contribution is -2.38. The summed E-state index contributed by atoms with van der Waals surface area (Å²) in [6.07, 6.45) is 3.14. The Morgan fingerprint density at radius 3 is 2.87 bits per heavy atom. The van der Waals surface area contributed by atoms with Crippen molar-refractivity contribution in [3.63, 3.8) is 0 Å². The smallest absolute Gasteiger partial charge is 0.277 e. The van der Waals surface area contributed by atoms with Crippen LogP contribution in [0.2, 0.25) is 0 Å². The first-order valence-electron chi connectivity index (χ1n) is 6.86. The molecule has 8 heteroatoms. The van der Waals surface area contributed by atoms with Gasteiger partial charge in [-0.15, -0.1) is 0 Å². The van der Waals surface area contributed by atoms with Gasteiger partial charge in [-0.2, -0.15) is 0 Å². The number of aromatic nitrogens is 1. The van der Waals surface area contributed by atoms with Crippen LogP contribution in [0.25, 0.3) is 0 Å². The van der Waals surface area contributed by atoms with Crippen LogP contribution in [0.4, 0.5) is 5.69 Å². The van der Waals surface area contributed by atoms with Crippen molar-refractivity contribution < 1.29 is 14.0 Å². The molecule has 0 bridgehead atoms. The van der Waals surface area contributed by atoms with Crippen molar-refractivity contribution in [3.8, 4) is 0 Å². The Balaban J connectivity index is 1.96. The zero-order valence-corrected chi connectivity index (χ0v) is 12.6. The molecule has 120 valence electrons. The topological polar surface area (TPSA) is 125 Å². The van der Waals surface area contributed by atoms with Gasteiger partial charge < -0.3 is 15.5 Å². The minimum Gasteiger partial charge on any atom is -0.451 e. The Bertz CT molecular complexity index is 712. The van der Waals surface area contributed by atoms with Crippen LogP contribution in [0, 0.1) is 5.41 Å². The van der Waals surface area contributed by atoms with Gasteiger partial charge in [0.25, 0.3) is 5.91 Å². The molecule has 0 aliphatic carbocycles. The third-order valence-corrected chi connectivity index (χ3v) is 3.21. The highest BCUT2D eigenvalue weighted by atomic mass is 16.3. The highest BCUT2D eigenvalue weighted by Gasteiger charge is 2.12. The number of nitrogens with two attached hydrogens (primary N) is 1. The fourth-order valence-electron chi connectivity index (χ4n) is 1.88. The van der Waals surface area contributed by atoms with Crippen molar-refractivity contribution in [1.29, 1.82) is 5.41 Å². The van der Waals surface area contributed by atoms with E-state index in [-0.39, 0.29) is 29.9 Å². The molecule has 0 unspecified atom stereocenters. The van der Waals surface area contributed by atoms with Crippen LogP contribution in [-0.4, -0.2) is 34.7 Å². The molecule has 2 amide bonds. The lowest BCUT2D eigenvalue weighted by molar-refractivity contribution is -0.126. The summed E-state index contributed by atoms with van der Waals surface area (Å²) in [6.45, 7) is 0. The van der Waals surface area contributed by atoms with Gasteiger partial charge in [-0.05, 0) is 24.1 Å². The number of nitrogens with zero attached hydrogens (tertiary/aromatic N) is 2. The van der Waals surface area contributed by atoms with E-state index in [4.69, 9.17) is 15.6 Å². The Morgan fingerprint density at radius 1 is 1.43 bits per heavy atom. The number of carbonyl (C=O) groups excluding carboxylic acids is 2. The number of oxazole rings is 1. The molecular formula is C15H17N5O3. The maximum atomic E-state index is 11.9. The fourth-order valence-corrected chi connectivity index (χ4v) is 1.88. The van der Waals surface area contributed by atoms with E-state index in [1.165, 1.54) is 19.7 Å². The van der Waals surface area contributed by atoms with Crippen molar-refractivity contribution in [2.75, 3.05) is 12.4 Å². The number of rotatable bonds is 5. The van der Waals surface area contributed by atoms with E-state index in [9.17, 15) is 9.59 Å². The largest absolute Gasteiger partial charge is 0.451 e. The summed E-state index contributed by atoms with van der Waals surface area (Å²) in [4.78, 5) is 28.5. The van der Waals surface area contributed by atoms with E-state index < -0.39 is 0 Å². The van der Waals surface area contributed by atoms with E-state index in [0.29, 0.717) is 12.1 Å². The van der Waals surface area contributed by atoms with Crippen LogP contribution in [0.15, 0.2) is 41.3 Å². The Hall–Kier alpha value is -3.16. The predicted molar refractivity (Wildman–Crippen MR) is 83.9 cm³/mol. The molecule has 4 N–H and O–H groups in total. The molecule has 0 saturated heterocycles. The highest BCUT2D eigenvalue weighted by molar-refractivity contribution is 6.02. The molecule has 1 aromatic carbocycles. The Kier molecular flexibility index (Phi) is 5.08. The summed E-state index contributed by atoms with van der Waals surface area (Å²) < 4.78 is 4.76. The SMILES string of the molecule is CN(C(=N)N)C(=O)CCc1cccc(NC(=O)c2cocn2)c1. The zero-order chi connectivity index (χ0) is 16.8. The summed E-state index contributed by atoms with van der Waals surface area (Å²) in [5, 5.41) is 9.92. The zero-order valence-electron chi connectivity index (χ0n) is 12.6. The van der Waals surface area contributed by atoms with Gasteiger partial charge in [-0.3, -0.25) is 19.9 Å². The van der Waals surface area contributed by atoms with E-state index in [0.717, 1.165) is 10.5 Å². The molecule has 0 aliphatic rings. The number of carbonyl (C=O) groups is 2. The highest BCUT2D eigenvalue weighted by Crippen LogP contribution is 2.14. The van der Waals surface area contributed by atoms with Gasteiger partial charge in [0, 0.05) is 19.2 Å². The average molecular weight is 315 g/mol. The monoisotopic (exact) mass is 315 g/mol. The molecule has 2 aromatic rings. The molecule has 1 aromatic heterocycles. The van der Waals surface area contributed by atoms with E-state index >= 15 is 0 Å². The molecule has 2 rings (SSSR count). The number of benzene rings is 1. The standard InChI is InChI=1S/C15H17N5O3/c1-20(15(16)17)13(21)6-5-10-3-2-4-11(7-10)19-14(22)12-8-23-9-18-12/h2-4,7-9H,5-6H2,1H3,(H3,16,17)(H,19,22). The molecule has 0 aliphatic heterocycles. The van der Waals surface area contributed by atoms with E-state index in [1.54, 1.807) is 18.2 Å². The molecule has 8 nitrogen and oxygen atoms in total. The van der Waals surface area contributed by atoms with Crippen molar-refractivity contribution >= 4 is 23.5 Å². The Labute approximate surface area is 132 Å². The maximum Gasteiger partial charge on any atom is 0.277 e. The molecular weight excluding hydrogens is 298 g/mol. The normalized spacial score (nSPS) is 10.1. The predicted octanol–water partition coefficient (Wildman–Crippen LogP) is 1.21. The second-order valence-electron chi connectivity index (χ2n) is 4.87. The molecule has 0 radical (unpaired) electrons. The minimum absolute atomic E-state index is 0.189. The van der Waals surface area contributed by atoms with Crippen molar-refractivity contribution in [3.05, 3.63) is 48.2 Å². The van der Waals surface area contributed by atoms with Crippen LogP contribution in [0.3, 0.4) is 0 Å². The fraction of sp³-hybridized carbons (Fsp3) is 0.200. The summed E-state index contributed by atoms with van der Waals surface area (Å²) >= 11 is 0. The lowest BCUT2D eigenvalue weighted by Gasteiger charge is -2.14. The van der Waals surface area contributed by atoms with Crippen LogP contribution < -0.4 is 11.1 Å². The number of aryl methyl sites for hydroxylation is 1. The average Bonchev–Trinajstić information content (AvgIpc) is 3.06. The van der Waals surface area contributed by atoms with Crippen molar-refractivity contribution in [1.82, 2.24) is 9.88 Å². The molecule has 0 fully saturated rings. The number of hydrogen-bond acceptors (Lipinski definition) is 5. The third kappa shape index (κ3) is 4.40. The Morgan fingerprint density at radius 2 is 2.22 bits per heavy atom. The number of nitrogens with one attached hydrogen (secondary N) is 2. The summed E-state index contributed by atoms with van der Waals surface area (Å²) in [5.41, 5.74) is 6.93. The quantitative estimate of drug-likeness (QED) is 0.565. The number of guanidine groups is 1. The van der Waals surface area contributed by atoms with E-state index in [2.05, 4.69) is 10.3 Å². The summed E-state index contributed by atoms with van der Waals surface area (Å²) in [5.74, 6) is -0.901. The van der Waals surface area contributed by atoms with Gasteiger partial charge >= 0.3 is 0 Å². The molecule has 23 heavy (non-hydrogen) atoms. The summed E-state index contributed by atoms with van der Waals surface area (Å²) in [7, 11) is 1.46. The molecule has 1 heterocycles. The van der Waals surface area contributed by atoms with Gasteiger partial charge in [0.05, 0.1) is 0 Å². The molecule has 0 atom stereocenters. The second-order valence-corrected chi connectivity index (χ2v) is 4.87. The van der Waals surface area contributed by atoms with Gasteiger partial charge in [0.2, 0.25) is 5.91 Å². The van der Waals surface area contributed by atoms with Crippen molar-refractivity contribution in [2.24, 2.45) is 5.73 Å². The summed E-state index contributed by atoms with van der Waals surface area (Å²) in [6, 6.07) is 7.16. The maximum absolute atomic E-state index is 11.9. The molecule has 0 spiro atoms. The van der Waals surface area contributed by atoms with Crippen LogP contribution in [-0.2, 0) is 11.2 Å². The molecule has 0 saturated carbocycles. The van der Waals surface area contributed by atoms with E-state index in [1.807, 2.05) is 6.07 Å². The van der Waals surface area contributed by atoms with Gasteiger partial charge in [0.15, 0.2) is 18.0 Å². The van der Waals surface area contributed by atoms with Gasteiger partial charge in [-0.1, -0.05) is 12.1 Å². The first-order valence-corrected chi connectivity index (χ1v) is 6.86. The first-order chi connectivity index (χ1) is 11.0. The minimum atomic E-state index is -0.372. The number of anilines is 1. The van der Waals surface area contributed by atoms with Gasteiger partial charge in [-0.25, -0.2) is 4.98 Å². The van der Waals surface area contributed by atoms with Crippen molar-refractivity contribution in [2.45, 2.75) is 12.8 Å². The first kappa shape index (κ1) is 16.2. The van der Waals surface area contributed by atoms with Crippen LogP contribution in [0.5, 0.6) is 0 Å². The number of hydrogen-bond donors (Lipinski definition) is 3. The van der Waals surface area contributed by atoms with Crippen LogP contribution >= 0.6 is 0 Å².